The van der Waals surface area contributed by atoms with Gasteiger partial charge in [-0.25, -0.2) is 8.42 Å². The Hall–Kier alpha value is -3.65. The maximum absolute atomic E-state index is 14.0. The molecule has 1 N–H and O–H groups in total. The van der Waals surface area contributed by atoms with Gasteiger partial charge in [-0.05, 0) is 75.9 Å². The molecule has 0 fully saturated rings. The molecule has 3 rings (SSSR count). The van der Waals surface area contributed by atoms with Crippen LogP contribution in [0.4, 0.5) is 5.69 Å². The second-order valence-corrected chi connectivity index (χ2v) is 13.4. The maximum atomic E-state index is 14.0. The van der Waals surface area contributed by atoms with Gasteiger partial charge in [0.15, 0.2) is 0 Å². The maximum Gasteiger partial charge on any atom is 0.264 e. The molecule has 40 heavy (non-hydrogen) atoms. The molecule has 0 unspecified atom stereocenters. The first kappa shape index (κ1) is 30.9. The number of amides is 2. The first-order valence-electron chi connectivity index (χ1n) is 13.5. The van der Waals surface area contributed by atoms with Crippen LogP contribution in [-0.4, -0.2) is 43.3 Å². The monoisotopic (exact) mass is 563 g/mol. The first-order valence-corrected chi connectivity index (χ1v) is 15.0. The van der Waals surface area contributed by atoms with E-state index in [1.165, 1.54) is 17.0 Å². The second kappa shape index (κ2) is 12.7. The van der Waals surface area contributed by atoms with Gasteiger partial charge in [0.25, 0.3) is 10.0 Å². The van der Waals surface area contributed by atoms with E-state index in [0.717, 1.165) is 21.0 Å². The zero-order valence-electron chi connectivity index (χ0n) is 24.5. The Morgan fingerprint density at radius 2 is 1.50 bits per heavy atom. The van der Waals surface area contributed by atoms with Gasteiger partial charge in [0.2, 0.25) is 11.8 Å². The van der Waals surface area contributed by atoms with Crippen molar-refractivity contribution < 1.29 is 18.0 Å². The topological polar surface area (TPSA) is 86.8 Å². The molecule has 0 aliphatic carbocycles. The predicted molar refractivity (Wildman–Crippen MR) is 161 cm³/mol. The van der Waals surface area contributed by atoms with Crippen LogP contribution in [0.3, 0.4) is 0 Å². The van der Waals surface area contributed by atoms with Crippen LogP contribution in [0.5, 0.6) is 0 Å². The molecule has 2 amide bonds. The summed E-state index contributed by atoms with van der Waals surface area (Å²) in [5.74, 6) is -0.528. The fraction of sp³-hybridized carbons (Fsp3) is 0.375. The quantitative estimate of drug-likeness (QED) is 0.346. The van der Waals surface area contributed by atoms with Crippen molar-refractivity contribution in [1.29, 1.82) is 0 Å². The molecule has 1 atom stereocenters. The molecular formula is C32H41N3O4S. The number of anilines is 1. The van der Waals surface area contributed by atoms with Crippen LogP contribution < -0.4 is 9.62 Å². The molecule has 0 bridgehead atoms. The predicted octanol–water partition coefficient (Wildman–Crippen LogP) is 5.65. The molecular weight excluding hydrogens is 522 g/mol. The molecule has 214 valence electrons. The Morgan fingerprint density at radius 3 is 2.05 bits per heavy atom. The summed E-state index contributed by atoms with van der Waals surface area (Å²) in [6.45, 7) is 13.1. The Bertz CT molecular complexity index is 1410. The van der Waals surface area contributed by atoms with E-state index in [-0.39, 0.29) is 23.3 Å². The molecule has 3 aromatic rings. The first-order chi connectivity index (χ1) is 18.7. The average Bonchev–Trinajstić information content (AvgIpc) is 2.89. The van der Waals surface area contributed by atoms with Crippen molar-refractivity contribution in [3.05, 3.63) is 95.6 Å². The number of rotatable bonds is 10. The number of hydrogen-bond donors (Lipinski definition) is 1. The molecule has 0 aliphatic rings. The minimum absolute atomic E-state index is 0.0829. The van der Waals surface area contributed by atoms with Gasteiger partial charge in [0, 0.05) is 12.1 Å². The number of nitrogens with one attached hydrogen (secondary N) is 1. The molecule has 0 aromatic heterocycles. The van der Waals surface area contributed by atoms with Gasteiger partial charge in [-0.3, -0.25) is 13.9 Å². The van der Waals surface area contributed by atoms with Crippen LogP contribution in [-0.2, 0) is 26.2 Å². The third kappa shape index (κ3) is 7.94. The highest BCUT2D eigenvalue weighted by molar-refractivity contribution is 7.92. The lowest BCUT2D eigenvalue weighted by molar-refractivity contribution is -0.140. The van der Waals surface area contributed by atoms with E-state index in [9.17, 15) is 18.0 Å². The van der Waals surface area contributed by atoms with Gasteiger partial charge in [-0.15, -0.1) is 0 Å². The van der Waals surface area contributed by atoms with Crippen LogP contribution in [0, 0.1) is 6.92 Å². The average molecular weight is 564 g/mol. The Kier molecular flexibility index (Phi) is 9.79. The fourth-order valence-electron chi connectivity index (χ4n) is 4.34. The van der Waals surface area contributed by atoms with E-state index in [1.54, 1.807) is 37.3 Å². The number of aryl methyl sites for hydroxylation is 1. The Balaban J connectivity index is 2.04. The lowest BCUT2D eigenvalue weighted by Crippen LogP contribution is -2.54. The molecule has 3 aromatic carbocycles. The van der Waals surface area contributed by atoms with Crippen LogP contribution >= 0.6 is 0 Å². The summed E-state index contributed by atoms with van der Waals surface area (Å²) in [6, 6.07) is 22.1. The van der Waals surface area contributed by atoms with Crippen LogP contribution in [0.15, 0.2) is 83.8 Å². The molecule has 0 aliphatic heterocycles. The summed E-state index contributed by atoms with van der Waals surface area (Å²) >= 11 is 0. The van der Waals surface area contributed by atoms with Gasteiger partial charge < -0.3 is 10.2 Å². The highest BCUT2D eigenvalue weighted by Gasteiger charge is 2.33. The van der Waals surface area contributed by atoms with E-state index >= 15 is 0 Å². The lowest BCUT2D eigenvalue weighted by atomic mass is 10.0. The SMILES string of the molecule is Cc1cccc(CN(C(=O)CN(c2ccc(C(C)C)cc2)S(=O)(=O)c2ccccc2)[C@@H](C)C(=O)NC(C)(C)C)c1. The van der Waals surface area contributed by atoms with Gasteiger partial charge in [-0.2, -0.15) is 0 Å². The number of nitrogens with zero attached hydrogens (tertiary/aromatic N) is 2. The molecule has 0 saturated heterocycles. The van der Waals surface area contributed by atoms with E-state index in [0.29, 0.717) is 5.69 Å². The van der Waals surface area contributed by atoms with Crippen molar-refractivity contribution >= 4 is 27.5 Å². The molecule has 0 spiro atoms. The summed E-state index contributed by atoms with van der Waals surface area (Å²) in [4.78, 5) is 28.8. The van der Waals surface area contributed by atoms with Crippen molar-refractivity contribution in [3.63, 3.8) is 0 Å². The van der Waals surface area contributed by atoms with Crippen molar-refractivity contribution in [1.82, 2.24) is 10.2 Å². The largest absolute Gasteiger partial charge is 0.350 e. The van der Waals surface area contributed by atoms with E-state index < -0.39 is 34.1 Å². The smallest absolute Gasteiger partial charge is 0.264 e. The molecule has 0 heterocycles. The number of benzene rings is 3. The minimum atomic E-state index is -4.08. The molecule has 8 heteroatoms. The standard InChI is InChI=1S/C32H41N3O4S/c1-23(2)27-16-18-28(19-17-27)35(40(38,39)29-14-9-8-10-15-29)22-30(36)34(21-26-13-11-12-24(3)20-26)25(4)31(37)33-32(5,6)7/h8-20,23,25H,21-22H2,1-7H3,(H,33,37)/t25-/m0/s1. The van der Waals surface area contributed by atoms with Crippen molar-refractivity contribution in [3.8, 4) is 0 Å². The van der Waals surface area contributed by atoms with Crippen molar-refractivity contribution in [2.24, 2.45) is 0 Å². The van der Waals surface area contributed by atoms with Gasteiger partial charge in [0.1, 0.15) is 12.6 Å². The van der Waals surface area contributed by atoms with Crippen LogP contribution in [0.25, 0.3) is 0 Å². The Labute approximate surface area is 239 Å². The number of carbonyl (C=O) groups excluding carboxylic acids is 2. The minimum Gasteiger partial charge on any atom is -0.350 e. The lowest BCUT2D eigenvalue weighted by Gasteiger charge is -2.33. The number of sulfonamides is 1. The molecule has 0 saturated carbocycles. The summed E-state index contributed by atoms with van der Waals surface area (Å²) in [5, 5.41) is 2.94. The molecule has 7 nitrogen and oxygen atoms in total. The van der Waals surface area contributed by atoms with Gasteiger partial charge in [0.05, 0.1) is 10.6 Å². The summed E-state index contributed by atoms with van der Waals surface area (Å²) in [5.41, 5.74) is 2.81. The van der Waals surface area contributed by atoms with E-state index in [4.69, 9.17) is 0 Å². The summed E-state index contributed by atoms with van der Waals surface area (Å²) in [6.07, 6.45) is 0. The zero-order valence-corrected chi connectivity index (χ0v) is 25.3. The zero-order chi connectivity index (χ0) is 29.7. The Morgan fingerprint density at radius 1 is 0.875 bits per heavy atom. The van der Waals surface area contributed by atoms with Crippen molar-refractivity contribution in [2.75, 3.05) is 10.8 Å². The van der Waals surface area contributed by atoms with Crippen LogP contribution in [0.2, 0.25) is 0 Å². The highest BCUT2D eigenvalue weighted by atomic mass is 32.2. The third-order valence-corrected chi connectivity index (χ3v) is 8.35. The summed E-state index contributed by atoms with van der Waals surface area (Å²) in [7, 11) is -4.08. The number of carbonyl (C=O) groups is 2. The van der Waals surface area contributed by atoms with E-state index in [1.807, 2.05) is 64.1 Å². The van der Waals surface area contributed by atoms with Gasteiger partial charge >= 0.3 is 0 Å². The number of hydrogen-bond acceptors (Lipinski definition) is 4. The fourth-order valence-corrected chi connectivity index (χ4v) is 5.77. The van der Waals surface area contributed by atoms with Crippen molar-refractivity contribution in [2.45, 2.75) is 77.4 Å². The summed E-state index contributed by atoms with van der Waals surface area (Å²) < 4.78 is 28.9. The van der Waals surface area contributed by atoms with Gasteiger partial charge in [-0.1, -0.05) is 74.0 Å². The normalized spacial score (nSPS) is 12.6. The molecule has 0 radical (unpaired) electrons. The van der Waals surface area contributed by atoms with Crippen LogP contribution in [0.1, 0.15) is 64.2 Å². The third-order valence-electron chi connectivity index (χ3n) is 6.56. The highest BCUT2D eigenvalue weighted by Crippen LogP contribution is 2.26. The second-order valence-electron chi connectivity index (χ2n) is 11.5. The van der Waals surface area contributed by atoms with E-state index in [2.05, 4.69) is 19.2 Å².